The van der Waals surface area contributed by atoms with Crippen LogP contribution in [0.3, 0.4) is 0 Å². The number of nitrogens with zero attached hydrogens (tertiary/aromatic N) is 1. The van der Waals surface area contributed by atoms with Crippen LogP contribution < -0.4 is 24.2 Å². The van der Waals surface area contributed by atoms with Crippen molar-refractivity contribution in [3.63, 3.8) is 0 Å². The highest BCUT2D eigenvalue weighted by Gasteiger charge is 2.21. The molecule has 0 saturated carbocycles. The summed E-state index contributed by atoms with van der Waals surface area (Å²) in [5.41, 5.74) is 2.28. The first-order chi connectivity index (χ1) is 16.3. The Bertz CT molecular complexity index is 1360. The minimum atomic E-state index is -3.91. The first-order valence-corrected chi connectivity index (χ1v) is 11.7. The van der Waals surface area contributed by atoms with E-state index in [-0.39, 0.29) is 29.9 Å². The van der Waals surface area contributed by atoms with Gasteiger partial charge in [0.1, 0.15) is 22.0 Å². The summed E-state index contributed by atoms with van der Waals surface area (Å²) in [5.74, 6) is 1.48. The minimum absolute atomic E-state index is 0.0197. The van der Waals surface area contributed by atoms with Gasteiger partial charge in [-0.25, -0.2) is 13.1 Å². The Labute approximate surface area is 196 Å². The summed E-state index contributed by atoms with van der Waals surface area (Å²) < 4.78 is 49.9. The molecule has 0 fully saturated rings. The van der Waals surface area contributed by atoms with Gasteiger partial charge in [0.25, 0.3) is 0 Å². The van der Waals surface area contributed by atoms with Crippen molar-refractivity contribution >= 4 is 33.8 Å². The fourth-order valence-corrected chi connectivity index (χ4v) is 4.53. The van der Waals surface area contributed by atoms with E-state index >= 15 is 0 Å². The van der Waals surface area contributed by atoms with Crippen molar-refractivity contribution < 1.29 is 31.9 Å². The van der Waals surface area contributed by atoms with Crippen molar-refractivity contribution in [2.45, 2.75) is 25.3 Å². The Morgan fingerprint density at radius 2 is 1.94 bits per heavy atom. The highest BCUT2D eigenvalue weighted by molar-refractivity contribution is 7.89. The average molecular weight is 486 g/mol. The topological polar surface area (TPSA) is 129 Å². The predicted octanol–water partition coefficient (Wildman–Crippen LogP) is 3.33. The molecule has 0 saturated heterocycles. The summed E-state index contributed by atoms with van der Waals surface area (Å²) in [6, 6.07) is 9.98. The monoisotopic (exact) mass is 485 g/mol. The summed E-state index contributed by atoms with van der Waals surface area (Å²) in [6.45, 7) is 3.29. The van der Waals surface area contributed by atoms with E-state index in [1.807, 2.05) is 0 Å². The number of fused-ring (bicyclic) bond motifs is 1. The molecule has 1 amide bonds. The highest BCUT2D eigenvalue weighted by atomic mass is 32.2. The number of amides is 1. The molecule has 1 aliphatic rings. The zero-order chi connectivity index (χ0) is 24.3. The molecule has 1 aliphatic heterocycles. The molecule has 2 aromatic carbocycles. The summed E-state index contributed by atoms with van der Waals surface area (Å²) >= 11 is 0. The third-order valence-electron chi connectivity index (χ3n) is 5.00. The lowest BCUT2D eigenvalue weighted by atomic mass is 10.2. The molecule has 178 valence electrons. The van der Waals surface area contributed by atoms with Gasteiger partial charge >= 0.3 is 0 Å². The number of hydrogen-bond acceptors (Lipinski definition) is 8. The number of carbonyl (C=O) groups excluding carboxylic acids is 1. The molecule has 11 heteroatoms. The Morgan fingerprint density at radius 3 is 2.71 bits per heavy atom. The van der Waals surface area contributed by atoms with Crippen LogP contribution in [-0.4, -0.2) is 33.4 Å². The van der Waals surface area contributed by atoms with E-state index < -0.39 is 10.0 Å². The van der Waals surface area contributed by atoms with Crippen molar-refractivity contribution in [1.29, 1.82) is 0 Å². The van der Waals surface area contributed by atoms with E-state index in [2.05, 4.69) is 15.2 Å². The normalized spacial score (nSPS) is 12.8. The smallest absolute Gasteiger partial charge is 0.244 e. The molecular weight excluding hydrogens is 462 g/mol. The van der Waals surface area contributed by atoms with Crippen LogP contribution in [0.1, 0.15) is 29.5 Å². The Balaban J connectivity index is 1.56. The lowest BCUT2D eigenvalue weighted by Crippen LogP contribution is -2.23. The van der Waals surface area contributed by atoms with E-state index in [1.54, 1.807) is 49.4 Å². The van der Waals surface area contributed by atoms with Crippen molar-refractivity contribution in [2.24, 2.45) is 0 Å². The highest BCUT2D eigenvalue weighted by Crippen LogP contribution is 2.33. The first-order valence-electron chi connectivity index (χ1n) is 10.2. The van der Waals surface area contributed by atoms with Gasteiger partial charge in [-0.1, -0.05) is 23.4 Å². The van der Waals surface area contributed by atoms with Crippen LogP contribution in [0.4, 0.5) is 5.69 Å². The van der Waals surface area contributed by atoms with E-state index in [9.17, 15) is 13.2 Å². The van der Waals surface area contributed by atoms with Gasteiger partial charge in [0.15, 0.2) is 17.3 Å². The van der Waals surface area contributed by atoms with Crippen molar-refractivity contribution in [3.05, 3.63) is 59.0 Å². The van der Waals surface area contributed by atoms with Crippen LogP contribution in [0.15, 0.2) is 45.8 Å². The van der Waals surface area contributed by atoms with Crippen LogP contribution in [0.5, 0.6) is 17.2 Å². The van der Waals surface area contributed by atoms with Crippen LogP contribution in [-0.2, 0) is 21.4 Å². The maximum atomic E-state index is 13.1. The average Bonchev–Trinajstić information content (AvgIpc) is 3.42. The number of benzene rings is 2. The van der Waals surface area contributed by atoms with E-state index in [1.165, 1.54) is 20.1 Å². The van der Waals surface area contributed by atoms with Crippen molar-refractivity contribution in [3.8, 4) is 17.2 Å². The third-order valence-corrected chi connectivity index (χ3v) is 6.42. The SMILES string of the molecule is COc1ccc(C=Cc2onc(C)c2NC(C)=O)cc1S(=O)(=O)NCc1ccc2c(c1)OCO2. The molecule has 4 rings (SSSR count). The van der Waals surface area contributed by atoms with Gasteiger partial charge in [-0.2, -0.15) is 0 Å². The van der Waals surface area contributed by atoms with Gasteiger partial charge in [-0.05, 0) is 48.4 Å². The van der Waals surface area contributed by atoms with Gasteiger partial charge in [0.05, 0.1) is 7.11 Å². The molecule has 2 N–H and O–H groups in total. The Morgan fingerprint density at radius 1 is 1.15 bits per heavy atom. The van der Waals surface area contributed by atoms with Crippen LogP contribution in [0.25, 0.3) is 12.2 Å². The lowest BCUT2D eigenvalue weighted by Gasteiger charge is -2.12. The fourth-order valence-electron chi connectivity index (χ4n) is 3.31. The molecule has 3 aromatic rings. The summed E-state index contributed by atoms with van der Waals surface area (Å²) in [6.07, 6.45) is 3.26. The molecule has 34 heavy (non-hydrogen) atoms. The summed E-state index contributed by atoms with van der Waals surface area (Å²) in [4.78, 5) is 11.4. The number of sulfonamides is 1. The molecule has 1 aromatic heterocycles. The second-order valence-electron chi connectivity index (χ2n) is 7.44. The van der Waals surface area contributed by atoms with E-state index in [0.29, 0.717) is 39.8 Å². The number of rotatable bonds is 8. The second-order valence-corrected chi connectivity index (χ2v) is 9.18. The molecule has 10 nitrogen and oxygen atoms in total. The molecular formula is C23H23N3O7S. The standard InChI is InChI=1S/C23H23N3O7S/c1-14-23(25-15(2)27)20(33-26-14)9-5-16-4-8-19(30-3)22(11-16)34(28,29)24-12-17-6-7-18-21(10-17)32-13-31-18/h4-11,24H,12-13H2,1-3H3,(H,25,27). The molecule has 0 spiro atoms. The number of aromatic nitrogens is 1. The molecule has 0 atom stereocenters. The number of methoxy groups -OCH3 is 1. The molecule has 0 bridgehead atoms. The summed E-state index contributed by atoms with van der Waals surface area (Å²) in [5, 5.41) is 6.53. The van der Waals surface area contributed by atoms with Crippen LogP contribution in [0, 0.1) is 6.92 Å². The number of nitrogens with one attached hydrogen (secondary N) is 2. The number of ether oxygens (including phenoxy) is 3. The van der Waals surface area contributed by atoms with E-state index in [4.69, 9.17) is 18.7 Å². The zero-order valence-electron chi connectivity index (χ0n) is 18.7. The number of hydrogen-bond donors (Lipinski definition) is 2. The fraction of sp³-hybridized carbons (Fsp3) is 0.217. The molecule has 0 unspecified atom stereocenters. The van der Waals surface area contributed by atoms with Gasteiger partial charge < -0.3 is 24.1 Å². The quantitative estimate of drug-likeness (QED) is 0.497. The maximum absolute atomic E-state index is 13.1. The number of carbonyl (C=O) groups is 1. The van der Waals surface area contributed by atoms with Gasteiger partial charge in [0.2, 0.25) is 22.7 Å². The summed E-state index contributed by atoms with van der Waals surface area (Å²) in [7, 11) is -2.51. The lowest BCUT2D eigenvalue weighted by molar-refractivity contribution is -0.114. The molecule has 2 heterocycles. The van der Waals surface area contributed by atoms with Crippen molar-refractivity contribution in [2.75, 3.05) is 19.2 Å². The molecule has 0 aliphatic carbocycles. The van der Waals surface area contributed by atoms with Crippen LogP contribution in [0.2, 0.25) is 0 Å². The van der Waals surface area contributed by atoms with Gasteiger partial charge in [-0.15, -0.1) is 0 Å². The zero-order valence-corrected chi connectivity index (χ0v) is 19.6. The third kappa shape index (κ3) is 5.05. The van der Waals surface area contributed by atoms with Gasteiger partial charge in [0, 0.05) is 13.5 Å². The molecule has 0 radical (unpaired) electrons. The largest absolute Gasteiger partial charge is 0.495 e. The van der Waals surface area contributed by atoms with E-state index in [0.717, 1.165) is 0 Å². The van der Waals surface area contributed by atoms with Crippen LogP contribution >= 0.6 is 0 Å². The Kier molecular flexibility index (Phi) is 6.57. The minimum Gasteiger partial charge on any atom is -0.495 e. The van der Waals surface area contributed by atoms with Gasteiger partial charge in [-0.3, -0.25) is 4.79 Å². The first kappa shape index (κ1) is 23.3. The maximum Gasteiger partial charge on any atom is 0.244 e. The Hall–Kier alpha value is -3.83. The van der Waals surface area contributed by atoms with Crippen molar-refractivity contribution in [1.82, 2.24) is 9.88 Å². The predicted molar refractivity (Wildman–Crippen MR) is 124 cm³/mol. The second kappa shape index (κ2) is 9.57. The number of anilines is 1. The number of aryl methyl sites for hydroxylation is 1.